The minimum Gasteiger partial charge on any atom is -0.352 e. The minimum absolute atomic E-state index is 0.208. The summed E-state index contributed by atoms with van der Waals surface area (Å²) in [6.07, 6.45) is 3.71. The Bertz CT molecular complexity index is 308. The molecule has 4 nitrogen and oxygen atoms in total. The number of amides is 1. The van der Waals surface area contributed by atoms with Crippen LogP contribution in [0, 0.1) is 11.8 Å². The highest BCUT2D eigenvalue weighted by atomic mass is 16.2. The first-order valence-corrected chi connectivity index (χ1v) is 7.81. The highest BCUT2D eigenvalue weighted by Crippen LogP contribution is 2.29. The van der Waals surface area contributed by atoms with Gasteiger partial charge in [0.05, 0.1) is 6.54 Å². The van der Waals surface area contributed by atoms with Gasteiger partial charge in [-0.15, -0.1) is 0 Å². The Hall–Kier alpha value is -0.610. The molecule has 110 valence electrons. The first kappa shape index (κ1) is 14.8. The average Bonchev–Trinajstić information content (AvgIpc) is 2.35. The van der Waals surface area contributed by atoms with Crippen LogP contribution in [0.15, 0.2) is 0 Å². The van der Waals surface area contributed by atoms with E-state index >= 15 is 0 Å². The molecule has 1 aliphatic carbocycles. The average molecular weight is 267 g/mol. The van der Waals surface area contributed by atoms with E-state index in [1.807, 2.05) is 0 Å². The molecule has 1 saturated carbocycles. The van der Waals surface area contributed by atoms with Gasteiger partial charge in [0.25, 0.3) is 0 Å². The zero-order valence-corrected chi connectivity index (χ0v) is 12.6. The van der Waals surface area contributed by atoms with Crippen molar-refractivity contribution in [3.8, 4) is 0 Å². The number of hydrogen-bond donors (Lipinski definition) is 2. The van der Waals surface area contributed by atoms with Crippen molar-refractivity contribution in [3.05, 3.63) is 0 Å². The number of rotatable bonds is 3. The summed E-state index contributed by atoms with van der Waals surface area (Å²) < 4.78 is 0. The van der Waals surface area contributed by atoms with Crippen molar-refractivity contribution >= 4 is 5.91 Å². The summed E-state index contributed by atoms with van der Waals surface area (Å²) in [6.45, 7) is 10.3. The van der Waals surface area contributed by atoms with Crippen molar-refractivity contribution in [2.24, 2.45) is 11.8 Å². The monoisotopic (exact) mass is 267 g/mol. The highest BCUT2D eigenvalue weighted by Gasteiger charge is 2.28. The molecule has 0 spiro atoms. The SMILES string of the molecule is CC1CCCC(NC(=O)CN2CCN[C@@H](C)C2)C1C. The molecule has 2 rings (SSSR count). The Labute approximate surface area is 117 Å². The fourth-order valence-electron chi connectivity index (χ4n) is 3.40. The van der Waals surface area contributed by atoms with E-state index in [0.717, 1.165) is 32.0 Å². The maximum Gasteiger partial charge on any atom is 0.234 e. The maximum atomic E-state index is 12.2. The lowest BCUT2D eigenvalue weighted by Crippen LogP contribution is -2.53. The van der Waals surface area contributed by atoms with Crippen LogP contribution in [-0.4, -0.2) is 49.1 Å². The topological polar surface area (TPSA) is 44.4 Å². The molecule has 0 radical (unpaired) electrons. The summed E-state index contributed by atoms with van der Waals surface area (Å²) >= 11 is 0. The minimum atomic E-state index is 0.208. The molecule has 4 heteroatoms. The van der Waals surface area contributed by atoms with Crippen LogP contribution >= 0.6 is 0 Å². The molecule has 2 N–H and O–H groups in total. The third-order valence-electron chi connectivity index (χ3n) is 4.87. The van der Waals surface area contributed by atoms with Gasteiger partial charge >= 0.3 is 0 Å². The van der Waals surface area contributed by atoms with Gasteiger partial charge in [-0.05, 0) is 25.2 Å². The van der Waals surface area contributed by atoms with Gasteiger partial charge in [0.1, 0.15) is 0 Å². The van der Waals surface area contributed by atoms with Crippen molar-refractivity contribution in [3.63, 3.8) is 0 Å². The smallest absolute Gasteiger partial charge is 0.234 e. The summed E-state index contributed by atoms with van der Waals surface area (Å²) in [6, 6.07) is 0.881. The Morgan fingerprint density at radius 2 is 2.11 bits per heavy atom. The zero-order chi connectivity index (χ0) is 13.8. The van der Waals surface area contributed by atoms with E-state index < -0.39 is 0 Å². The van der Waals surface area contributed by atoms with Crippen molar-refractivity contribution < 1.29 is 4.79 Å². The standard InChI is InChI=1S/C15H29N3O/c1-11-5-4-6-14(13(11)3)17-15(19)10-18-8-7-16-12(2)9-18/h11-14,16H,4-10H2,1-3H3,(H,17,19)/t11?,12-,13?,14?/m0/s1. The predicted octanol–water partition coefficient (Wildman–Crippen LogP) is 1.22. The molecule has 1 heterocycles. The van der Waals surface area contributed by atoms with Gasteiger partial charge in [-0.25, -0.2) is 0 Å². The molecule has 19 heavy (non-hydrogen) atoms. The van der Waals surface area contributed by atoms with E-state index in [4.69, 9.17) is 0 Å². The molecule has 4 atom stereocenters. The van der Waals surface area contributed by atoms with Crippen LogP contribution in [0.4, 0.5) is 0 Å². The second-order valence-electron chi connectivity index (χ2n) is 6.53. The zero-order valence-electron chi connectivity index (χ0n) is 12.6. The lowest BCUT2D eigenvalue weighted by atomic mass is 9.78. The summed E-state index contributed by atoms with van der Waals surface area (Å²) in [4.78, 5) is 14.4. The van der Waals surface area contributed by atoms with Crippen LogP contribution in [0.1, 0.15) is 40.0 Å². The molecule has 0 aromatic carbocycles. The van der Waals surface area contributed by atoms with Gasteiger partial charge < -0.3 is 10.6 Å². The first-order chi connectivity index (χ1) is 9.06. The van der Waals surface area contributed by atoms with Crippen LogP contribution in [0.5, 0.6) is 0 Å². The molecule has 1 aliphatic heterocycles. The Kier molecular flexibility index (Phi) is 5.22. The molecule has 2 aliphatic rings. The number of carbonyl (C=O) groups is 1. The van der Waals surface area contributed by atoms with Crippen LogP contribution in [0.2, 0.25) is 0 Å². The second-order valence-corrected chi connectivity index (χ2v) is 6.53. The van der Waals surface area contributed by atoms with Gasteiger partial charge in [0, 0.05) is 31.7 Å². The highest BCUT2D eigenvalue weighted by molar-refractivity contribution is 5.78. The van der Waals surface area contributed by atoms with Crippen molar-refractivity contribution in [1.82, 2.24) is 15.5 Å². The third-order valence-corrected chi connectivity index (χ3v) is 4.87. The van der Waals surface area contributed by atoms with Crippen molar-refractivity contribution in [1.29, 1.82) is 0 Å². The number of hydrogen-bond acceptors (Lipinski definition) is 3. The molecule has 0 aromatic rings. The number of nitrogens with one attached hydrogen (secondary N) is 2. The normalized spacial score (nSPS) is 37.0. The Morgan fingerprint density at radius 1 is 1.32 bits per heavy atom. The van der Waals surface area contributed by atoms with Gasteiger partial charge in [-0.3, -0.25) is 9.69 Å². The predicted molar refractivity (Wildman–Crippen MR) is 78.0 cm³/mol. The fourth-order valence-corrected chi connectivity index (χ4v) is 3.40. The number of carbonyl (C=O) groups excluding carboxylic acids is 1. The van der Waals surface area contributed by atoms with E-state index in [-0.39, 0.29) is 5.91 Å². The van der Waals surface area contributed by atoms with Gasteiger partial charge in [-0.2, -0.15) is 0 Å². The summed E-state index contributed by atoms with van der Waals surface area (Å²) in [5.74, 6) is 1.55. The molecule has 0 aromatic heterocycles. The van der Waals surface area contributed by atoms with Crippen LogP contribution in [-0.2, 0) is 4.79 Å². The summed E-state index contributed by atoms with van der Waals surface area (Å²) in [5.41, 5.74) is 0. The molecule has 1 amide bonds. The van der Waals surface area contributed by atoms with Crippen LogP contribution in [0.25, 0.3) is 0 Å². The number of piperazine rings is 1. The van der Waals surface area contributed by atoms with Gasteiger partial charge in [0.15, 0.2) is 0 Å². The third kappa shape index (κ3) is 4.18. The first-order valence-electron chi connectivity index (χ1n) is 7.81. The second kappa shape index (κ2) is 6.71. The summed E-state index contributed by atoms with van der Waals surface area (Å²) in [7, 11) is 0. The van der Waals surface area contributed by atoms with E-state index in [9.17, 15) is 4.79 Å². The Balaban J connectivity index is 1.77. The molecule has 3 unspecified atom stereocenters. The van der Waals surface area contributed by atoms with E-state index in [1.54, 1.807) is 0 Å². The lowest BCUT2D eigenvalue weighted by molar-refractivity contribution is -0.123. The fraction of sp³-hybridized carbons (Fsp3) is 0.933. The van der Waals surface area contributed by atoms with Crippen molar-refractivity contribution in [2.45, 2.75) is 52.1 Å². The number of nitrogens with zero attached hydrogens (tertiary/aromatic N) is 1. The maximum absolute atomic E-state index is 12.2. The molecule has 2 fully saturated rings. The quantitative estimate of drug-likeness (QED) is 0.808. The van der Waals surface area contributed by atoms with E-state index in [0.29, 0.717) is 24.5 Å². The van der Waals surface area contributed by atoms with Gasteiger partial charge in [-0.1, -0.05) is 26.7 Å². The van der Waals surface area contributed by atoms with Crippen molar-refractivity contribution in [2.75, 3.05) is 26.2 Å². The molecular weight excluding hydrogens is 238 g/mol. The molecule has 0 bridgehead atoms. The largest absolute Gasteiger partial charge is 0.352 e. The van der Waals surface area contributed by atoms with Gasteiger partial charge in [0.2, 0.25) is 5.91 Å². The van der Waals surface area contributed by atoms with Crippen LogP contribution < -0.4 is 10.6 Å². The van der Waals surface area contributed by atoms with E-state index in [2.05, 4.69) is 36.3 Å². The lowest BCUT2D eigenvalue weighted by Gasteiger charge is -2.36. The Morgan fingerprint density at radius 3 is 2.84 bits per heavy atom. The van der Waals surface area contributed by atoms with E-state index in [1.165, 1.54) is 12.8 Å². The van der Waals surface area contributed by atoms with Crippen LogP contribution in [0.3, 0.4) is 0 Å². The molecule has 1 saturated heterocycles. The molecular formula is C15H29N3O. The summed E-state index contributed by atoms with van der Waals surface area (Å²) in [5, 5.41) is 6.67.